The monoisotopic (exact) mass is 340 g/mol. The minimum Gasteiger partial charge on any atom is -0.352 e. The van der Waals surface area contributed by atoms with Crippen LogP contribution in [0.4, 0.5) is 4.39 Å². The molecule has 0 fully saturated rings. The van der Waals surface area contributed by atoms with Crippen LogP contribution in [0.25, 0.3) is 0 Å². The van der Waals surface area contributed by atoms with E-state index in [1.165, 1.54) is 12.1 Å². The zero-order chi connectivity index (χ0) is 18.2. The van der Waals surface area contributed by atoms with Gasteiger partial charge in [0.25, 0.3) is 5.91 Å². The third-order valence-electron chi connectivity index (χ3n) is 3.83. The first-order valence-electron chi connectivity index (χ1n) is 8.05. The van der Waals surface area contributed by atoms with Crippen molar-refractivity contribution in [3.63, 3.8) is 0 Å². The van der Waals surface area contributed by atoms with Crippen molar-refractivity contribution in [3.05, 3.63) is 83.7 Å². The molecular formula is C20H21FN2O2. The third-order valence-corrected chi connectivity index (χ3v) is 3.83. The first-order valence-corrected chi connectivity index (χ1v) is 8.05. The third kappa shape index (κ3) is 5.28. The summed E-state index contributed by atoms with van der Waals surface area (Å²) in [4.78, 5) is 23.4. The van der Waals surface area contributed by atoms with Gasteiger partial charge in [-0.25, -0.2) is 4.39 Å². The summed E-state index contributed by atoms with van der Waals surface area (Å²) in [5.74, 6) is -0.812. The Bertz CT molecular complexity index is 757. The fraction of sp³-hybridized carbons (Fsp3) is 0.200. The van der Waals surface area contributed by atoms with Crippen LogP contribution in [0.2, 0.25) is 0 Å². The normalized spacial score (nSPS) is 11.4. The quantitative estimate of drug-likeness (QED) is 0.761. The van der Waals surface area contributed by atoms with Gasteiger partial charge in [0.2, 0.25) is 5.91 Å². The molecular weight excluding hydrogens is 319 g/mol. The molecule has 0 aliphatic heterocycles. The Hall–Kier alpha value is -2.95. The Labute approximate surface area is 146 Å². The number of halogens is 1. The van der Waals surface area contributed by atoms with Crippen molar-refractivity contribution in [1.29, 1.82) is 0 Å². The van der Waals surface area contributed by atoms with Crippen molar-refractivity contribution in [2.24, 2.45) is 0 Å². The van der Waals surface area contributed by atoms with Gasteiger partial charge in [0.1, 0.15) is 5.82 Å². The number of amides is 2. The van der Waals surface area contributed by atoms with Crippen LogP contribution in [-0.2, 0) is 11.2 Å². The van der Waals surface area contributed by atoms with E-state index >= 15 is 0 Å². The highest BCUT2D eigenvalue weighted by molar-refractivity contribution is 5.94. The van der Waals surface area contributed by atoms with Gasteiger partial charge in [-0.3, -0.25) is 9.59 Å². The molecule has 1 atom stereocenters. The van der Waals surface area contributed by atoms with E-state index in [-0.39, 0.29) is 17.6 Å². The number of nitrogens with one attached hydrogen (secondary N) is 2. The molecule has 25 heavy (non-hydrogen) atoms. The van der Waals surface area contributed by atoms with Crippen LogP contribution in [0, 0.1) is 5.82 Å². The van der Waals surface area contributed by atoms with Crippen LogP contribution in [0.5, 0.6) is 0 Å². The number of hydrogen-bond acceptors (Lipinski definition) is 2. The van der Waals surface area contributed by atoms with Crippen molar-refractivity contribution >= 4 is 11.8 Å². The van der Waals surface area contributed by atoms with E-state index < -0.39 is 6.04 Å². The van der Waals surface area contributed by atoms with Crippen molar-refractivity contribution < 1.29 is 14.0 Å². The fourth-order valence-corrected chi connectivity index (χ4v) is 2.41. The molecule has 1 unspecified atom stereocenters. The van der Waals surface area contributed by atoms with E-state index in [2.05, 4.69) is 17.2 Å². The second-order valence-electron chi connectivity index (χ2n) is 5.66. The maximum Gasteiger partial charge on any atom is 0.251 e. The second kappa shape index (κ2) is 8.78. The molecule has 130 valence electrons. The SMILES string of the molecule is C=CC(=O)NCCc1ccc(C(=O)NC(C)c2ccccc2F)cc1. The van der Waals surface area contributed by atoms with Crippen LogP contribution in [0.1, 0.15) is 34.5 Å². The van der Waals surface area contributed by atoms with Crippen molar-refractivity contribution in [2.45, 2.75) is 19.4 Å². The van der Waals surface area contributed by atoms with Crippen LogP contribution in [-0.4, -0.2) is 18.4 Å². The summed E-state index contributed by atoms with van der Waals surface area (Å²) >= 11 is 0. The Morgan fingerprint density at radius 3 is 2.48 bits per heavy atom. The van der Waals surface area contributed by atoms with Crippen LogP contribution in [0.3, 0.4) is 0 Å². The second-order valence-corrected chi connectivity index (χ2v) is 5.66. The standard InChI is InChI=1S/C20H21FN2O2/c1-3-19(24)22-13-12-15-8-10-16(11-9-15)20(25)23-14(2)17-6-4-5-7-18(17)21/h3-11,14H,1,12-13H2,2H3,(H,22,24)(H,23,25). The van der Waals surface area contributed by atoms with Gasteiger partial charge in [-0.05, 0) is 43.2 Å². The molecule has 2 N–H and O–H groups in total. The highest BCUT2D eigenvalue weighted by Gasteiger charge is 2.14. The van der Waals surface area contributed by atoms with E-state index in [1.807, 2.05) is 12.1 Å². The Kier molecular flexibility index (Phi) is 6.46. The maximum atomic E-state index is 13.8. The van der Waals surface area contributed by atoms with E-state index in [9.17, 15) is 14.0 Å². The lowest BCUT2D eigenvalue weighted by atomic mass is 10.1. The molecule has 0 spiro atoms. The van der Waals surface area contributed by atoms with E-state index in [1.54, 1.807) is 37.3 Å². The lowest BCUT2D eigenvalue weighted by Crippen LogP contribution is -2.27. The van der Waals surface area contributed by atoms with Crippen molar-refractivity contribution in [1.82, 2.24) is 10.6 Å². The molecule has 0 aliphatic rings. The van der Waals surface area contributed by atoms with Gasteiger partial charge in [-0.15, -0.1) is 0 Å². The molecule has 0 heterocycles. The van der Waals surface area contributed by atoms with Crippen LogP contribution < -0.4 is 10.6 Å². The lowest BCUT2D eigenvalue weighted by molar-refractivity contribution is -0.116. The molecule has 2 amide bonds. The minimum atomic E-state index is -0.428. The van der Waals surface area contributed by atoms with E-state index in [0.717, 1.165) is 5.56 Å². The first kappa shape index (κ1) is 18.4. The molecule has 0 bridgehead atoms. The summed E-state index contributed by atoms with van der Waals surface area (Å²) in [5.41, 5.74) is 1.95. The van der Waals surface area contributed by atoms with Crippen LogP contribution in [0.15, 0.2) is 61.2 Å². The Balaban J connectivity index is 1.93. The van der Waals surface area contributed by atoms with Gasteiger partial charge in [0, 0.05) is 17.7 Å². The van der Waals surface area contributed by atoms with Gasteiger partial charge in [-0.1, -0.05) is 36.9 Å². The van der Waals surface area contributed by atoms with E-state index in [0.29, 0.717) is 24.1 Å². The molecule has 0 radical (unpaired) electrons. The summed E-state index contributed by atoms with van der Waals surface area (Å²) in [6.45, 7) is 5.63. The average molecular weight is 340 g/mol. The highest BCUT2D eigenvalue weighted by Crippen LogP contribution is 2.16. The van der Waals surface area contributed by atoms with E-state index in [4.69, 9.17) is 0 Å². The molecule has 0 saturated heterocycles. The maximum absolute atomic E-state index is 13.8. The van der Waals surface area contributed by atoms with Gasteiger partial charge in [0.15, 0.2) is 0 Å². The fourth-order valence-electron chi connectivity index (χ4n) is 2.41. The summed E-state index contributed by atoms with van der Waals surface area (Å²) in [6.07, 6.45) is 1.89. The first-order chi connectivity index (χ1) is 12.0. The molecule has 2 aromatic carbocycles. The molecule has 0 saturated carbocycles. The van der Waals surface area contributed by atoms with Crippen molar-refractivity contribution in [2.75, 3.05) is 6.54 Å². The van der Waals surface area contributed by atoms with Crippen LogP contribution >= 0.6 is 0 Å². The topological polar surface area (TPSA) is 58.2 Å². The summed E-state index contributed by atoms with van der Waals surface area (Å²) in [7, 11) is 0. The molecule has 0 aromatic heterocycles. The predicted octanol–water partition coefficient (Wildman–Crippen LogP) is 3.16. The number of carbonyl (C=O) groups is 2. The molecule has 5 heteroatoms. The predicted molar refractivity (Wildman–Crippen MR) is 95.6 cm³/mol. The zero-order valence-corrected chi connectivity index (χ0v) is 14.1. The molecule has 2 rings (SSSR count). The van der Waals surface area contributed by atoms with Gasteiger partial charge < -0.3 is 10.6 Å². The number of carbonyl (C=O) groups excluding carboxylic acids is 2. The summed E-state index contributed by atoms with van der Waals surface area (Å²) < 4.78 is 13.8. The van der Waals surface area contributed by atoms with Crippen molar-refractivity contribution in [3.8, 4) is 0 Å². The van der Waals surface area contributed by atoms with Gasteiger partial charge in [-0.2, -0.15) is 0 Å². The summed E-state index contributed by atoms with van der Waals surface area (Å²) in [5, 5.41) is 5.49. The largest absolute Gasteiger partial charge is 0.352 e. The number of benzene rings is 2. The average Bonchev–Trinajstić information content (AvgIpc) is 2.62. The molecule has 4 nitrogen and oxygen atoms in total. The lowest BCUT2D eigenvalue weighted by Gasteiger charge is -2.15. The minimum absolute atomic E-state index is 0.210. The molecule has 0 aliphatic carbocycles. The highest BCUT2D eigenvalue weighted by atomic mass is 19.1. The van der Waals surface area contributed by atoms with Gasteiger partial charge >= 0.3 is 0 Å². The summed E-state index contributed by atoms with van der Waals surface area (Å²) in [6, 6.07) is 13.1. The smallest absolute Gasteiger partial charge is 0.251 e. The van der Waals surface area contributed by atoms with Gasteiger partial charge in [0.05, 0.1) is 6.04 Å². The Morgan fingerprint density at radius 2 is 1.84 bits per heavy atom. The zero-order valence-electron chi connectivity index (χ0n) is 14.1. The molecule has 2 aromatic rings. The Morgan fingerprint density at radius 1 is 1.16 bits per heavy atom. The number of rotatable bonds is 7. The number of hydrogen-bond donors (Lipinski definition) is 2.